The van der Waals surface area contributed by atoms with Gasteiger partial charge in [0.15, 0.2) is 11.6 Å². The molecule has 0 spiro atoms. The Kier molecular flexibility index (Phi) is 3.28. The van der Waals surface area contributed by atoms with E-state index in [1.165, 1.54) is 6.07 Å². The van der Waals surface area contributed by atoms with E-state index in [0.717, 1.165) is 16.8 Å². The van der Waals surface area contributed by atoms with E-state index in [1.54, 1.807) is 13.8 Å². The molecule has 1 N–H and O–H groups in total. The molecule has 0 saturated heterocycles. The predicted octanol–water partition coefficient (Wildman–Crippen LogP) is 2.37. The van der Waals surface area contributed by atoms with Gasteiger partial charge in [0, 0.05) is 5.92 Å². The first-order valence-corrected chi connectivity index (χ1v) is 5.56. The smallest absolute Gasteiger partial charge is 0.375 e. The van der Waals surface area contributed by atoms with Crippen LogP contribution in [-0.4, -0.2) is 25.8 Å². The molecule has 0 radical (unpaired) electrons. The first-order valence-electron chi connectivity index (χ1n) is 5.56. The number of para-hydroxylation sites is 1. The summed E-state index contributed by atoms with van der Waals surface area (Å²) < 4.78 is 28.3. The molecule has 0 saturated carbocycles. The monoisotopic (exact) mass is 267 g/mol. The SMILES string of the molecule is CC(C)c1nc(C(=O)O)nn1-c1c(F)cccc1F. The van der Waals surface area contributed by atoms with Crippen molar-refractivity contribution in [2.45, 2.75) is 19.8 Å². The minimum Gasteiger partial charge on any atom is -0.475 e. The van der Waals surface area contributed by atoms with Crippen LogP contribution in [0, 0.1) is 11.6 Å². The molecule has 1 aromatic carbocycles. The van der Waals surface area contributed by atoms with Gasteiger partial charge in [0.2, 0.25) is 0 Å². The molecule has 0 aliphatic carbocycles. The third kappa shape index (κ3) is 2.31. The van der Waals surface area contributed by atoms with E-state index >= 15 is 0 Å². The van der Waals surface area contributed by atoms with Gasteiger partial charge in [-0.15, -0.1) is 5.10 Å². The maximum atomic E-state index is 13.7. The van der Waals surface area contributed by atoms with Gasteiger partial charge < -0.3 is 5.11 Å². The molecule has 0 aliphatic heterocycles. The van der Waals surface area contributed by atoms with E-state index in [1.807, 2.05) is 0 Å². The Morgan fingerprint density at radius 3 is 2.37 bits per heavy atom. The second-order valence-electron chi connectivity index (χ2n) is 4.24. The third-order valence-corrected chi connectivity index (χ3v) is 2.49. The Morgan fingerprint density at radius 2 is 1.89 bits per heavy atom. The highest BCUT2D eigenvalue weighted by Gasteiger charge is 2.22. The summed E-state index contributed by atoms with van der Waals surface area (Å²) in [6, 6.07) is 3.37. The molecule has 0 bridgehead atoms. The Labute approximate surface area is 107 Å². The number of hydrogen-bond acceptors (Lipinski definition) is 3. The van der Waals surface area contributed by atoms with Gasteiger partial charge in [-0.3, -0.25) is 0 Å². The minimum absolute atomic E-state index is 0.182. The first kappa shape index (κ1) is 13.1. The highest BCUT2D eigenvalue weighted by Crippen LogP contribution is 2.22. The predicted molar refractivity (Wildman–Crippen MR) is 62.3 cm³/mol. The summed E-state index contributed by atoms with van der Waals surface area (Å²) in [5.74, 6) is -3.56. The fourth-order valence-electron chi connectivity index (χ4n) is 1.64. The fourth-order valence-corrected chi connectivity index (χ4v) is 1.64. The number of hydrogen-bond donors (Lipinski definition) is 1. The summed E-state index contributed by atoms with van der Waals surface area (Å²) in [6.07, 6.45) is 0. The number of rotatable bonds is 3. The van der Waals surface area contributed by atoms with Crippen molar-refractivity contribution in [3.05, 3.63) is 41.5 Å². The molecule has 7 heteroatoms. The molecular weight excluding hydrogens is 256 g/mol. The number of benzene rings is 1. The van der Waals surface area contributed by atoms with Crippen molar-refractivity contribution in [3.63, 3.8) is 0 Å². The zero-order valence-electron chi connectivity index (χ0n) is 10.3. The van der Waals surface area contributed by atoms with Gasteiger partial charge in [0.1, 0.15) is 11.5 Å². The lowest BCUT2D eigenvalue weighted by atomic mass is 10.2. The fraction of sp³-hybridized carbons (Fsp3) is 0.250. The van der Waals surface area contributed by atoms with Crippen molar-refractivity contribution in [2.75, 3.05) is 0 Å². The van der Waals surface area contributed by atoms with Gasteiger partial charge in [-0.1, -0.05) is 19.9 Å². The summed E-state index contributed by atoms with van der Waals surface area (Å²) in [5.41, 5.74) is -0.425. The molecular formula is C12H11F2N3O2. The highest BCUT2D eigenvalue weighted by atomic mass is 19.1. The zero-order chi connectivity index (χ0) is 14.2. The lowest BCUT2D eigenvalue weighted by molar-refractivity contribution is 0.0683. The third-order valence-electron chi connectivity index (χ3n) is 2.49. The second kappa shape index (κ2) is 4.75. The van der Waals surface area contributed by atoms with Crippen LogP contribution in [0.4, 0.5) is 8.78 Å². The molecule has 1 aromatic heterocycles. The second-order valence-corrected chi connectivity index (χ2v) is 4.24. The van der Waals surface area contributed by atoms with Crippen LogP contribution in [0.1, 0.15) is 36.2 Å². The quantitative estimate of drug-likeness (QED) is 0.927. The molecule has 2 aromatic rings. The number of aromatic nitrogens is 3. The van der Waals surface area contributed by atoms with E-state index in [0.29, 0.717) is 0 Å². The molecule has 100 valence electrons. The summed E-state index contributed by atoms with van der Waals surface area (Å²) in [5, 5.41) is 12.5. The molecule has 0 aliphatic rings. The van der Waals surface area contributed by atoms with Gasteiger partial charge in [-0.05, 0) is 12.1 Å². The van der Waals surface area contributed by atoms with Crippen molar-refractivity contribution in [3.8, 4) is 5.69 Å². The van der Waals surface area contributed by atoms with Crippen LogP contribution < -0.4 is 0 Å². The van der Waals surface area contributed by atoms with Gasteiger partial charge >= 0.3 is 5.97 Å². The summed E-state index contributed by atoms with van der Waals surface area (Å²) in [7, 11) is 0. The van der Waals surface area contributed by atoms with Gasteiger partial charge in [-0.2, -0.15) is 0 Å². The maximum Gasteiger partial charge on any atom is 0.375 e. The molecule has 5 nitrogen and oxygen atoms in total. The van der Waals surface area contributed by atoms with E-state index in [9.17, 15) is 13.6 Å². The number of halogens is 2. The van der Waals surface area contributed by atoms with Crippen LogP contribution in [-0.2, 0) is 0 Å². The van der Waals surface area contributed by atoms with Crippen LogP contribution in [0.3, 0.4) is 0 Å². The number of carboxylic acid groups (broad SMARTS) is 1. The van der Waals surface area contributed by atoms with E-state index < -0.39 is 29.1 Å². The van der Waals surface area contributed by atoms with Gasteiger partial charge in [-0.25, -0.2) is 23.2 Å². The normalized spacial score (nSPS) is 11.0. The standard InChI is InChI=1S/C12H11F2N3O2/c1-6(2)11-15-10(12(18)19)16-17(11)9-7(13)4-3-5-8(9)14/h3-6H,1-2H3,(H,18,19). The molecule has 0 atom stereocenters. The van der Waals surface area contributed by atoms with Crippen molar-refractivity contribution in [2.24, 2.45) is 0 Å². The number of carboxylic acids is 1. The van der Waals surface area contributed by atoms with Crippen LogP contribution in [0.5, 0.6) is 0 Å². The van der Waals surface area contributed by atoms with Crippen LogP contribution >= 0.6 is 0 Å². The molecule has 2 rings (SSSR count). The van der Waals surface area contributed by atoms with Gasteiger partial charge in [0.25, 0.3) is 5.82 Å². The van der Waals surface area contributed by atoms with E-state index in [-0.39, 0.29) is 11.7 Å². The van der Waals surface area contributed by atoms with Crippen molar-refractivity contribution in [1.82, 2.24) is 14.8 Å². The van der Waals surface area contributed by atoms with Crippen LogP contribution in [0.25, 0.3) is 5.69 Å². The molecule has 0 unspecified atom stereocenters. The zero-order valence-corrected chi connectivity index (χ0v) is 10.3. The first-order chi connectivity index (χ1) is 8.91. The summed E-state index contributed by atoms with van der Waals surface area (Å²) in [4.78, 5) is 14.7. The summed E-state index contributed by atoms with van der Waals surface area (Å²) in [6.45, 7) is 3.45. The van der Waals surface area contributed by atoms with Crippen molar-refractivity contribution in [1.29, 1.82) is 0 Å². The number of aromatic carboxylic acids is 1. The van der Waals surface area contributed by atoms with Crippen LogP contribution in [0.2, 0.25) is 0 Å². The maximum absolute atomic E-state index is 13.7. The lowest BCUT2D eigenvalue weighted by Crippen LogP contribution is -2.09. The number of carbonyl (C=O) groups is 1. The van der Waals surface area contributed by atoms with Crippen molar-refractivity contribution < 1.29 is 18.7 Å². The Hall–Kier alpha value is -2.31. The Morgan fingerprint density at radius 1 is 1.32 bits per heavy atom. The average molecular weight is 267 g/mol. The highest BCUT2D eigenvalue weighted by molar-refractivity contribution is 5.83. The lowest BCUT2D eigenvalue weighted by Gasteiger charge is -2.09. The molecule has 0 fully saturated rings. The molecule has 19 heavy (non-hydrogen) atoms. The Balaban J connectivity index is 2.70. The van der Waals surface area contributed by atoms with E-state index in [4.69, 9.17) is 5.11 Å². The largest absolute Gasteiger partial charge is 0.475 e. The summed E-state index contributed by atoms with van der Waals surface area (Å²) >= 11 is 0. The van der Waals surface area contributed by atoms with Crippen LogP contribution in [0.15, 0.2) is 18.2 Å². The molecule has 0 amide bonds. The van der Waals surface area contributed by atoms with Gasteiger partial charge in [0.05, 0.1) is 0 Å². The van der Waals surface area contributed by atoms with E-state index in [2.05, 4.69) is 10.1 Å². The minimum atomic E-state index is -1.35. The topological polar surface area (TPSA) is 68.0 Å². The molecule has 1 heterocycles. The Bertz CT molecular complexity index is 618. The number of nitrogens with zero attached hydrogens (tertiary/aromatic N) is 3. The van der Waals surface area contributed by atoms with Crippen molar-refractivity contribution >= 4 is 5.97 Å². The average Bonchev–Trinajstić information content (AvgIpc) is 2.73.